The van der Waals surface area contributed by atoms with Crippen molar-refractivity contribution < 1.29 is 23.9 Å². The number of carbonyl (C=O) groups excluding carboxylic acids is 4. The van der Waals surface area contributed by atoms with Gasteiger partial charge in [-0.1, -0.05) is 42.8 Å². The monoisotopic (exact) mass is 472 g/mol. The van der Waals surface area contributed by atoms with Crippen molar-refractivity contribution in [2.45, 2.75) is 18.9 Å². The van der Waals surface area contributed by atoms with E-state index in [2.05, 4.69) is 10.6 Å². The van der Waals surface area contributed by atoms with Crippen LogP contribution in [-0.2, 0) is 19.9 Å². The van der Waals surface area contributed by atoms with Crippen molar-refractivity contribution in [2.75, 3.05) is 32.6 Å². The molecule has 0 radical (unpaired) electrons. The fraction of sp³-hybridized carbons (Fsp3) is 0.304. The summed E-state index contributed by atoms with van der Waals surface area (Å²) in [6.07, 6.45) is 0.296. The minimum atomic E-state index is -1.27. The second-order valence-corrected chi connectivity index (χ2v) is 7.99. The Kier molecular flexibility index (Phi) is 7.23. The molecule has 1 unspecified atom stereocenters. The normalized spacial score (nSPS) is 17.5. The highest BCUT2D eigenvalue weighted by Crippen LogP contribution is 2.33. The zero-order chi connectivity index (χ0) is 24.2. The van der Waals surface area contributed by atoms with Gasteiger partial charge >= 0.3 is 6.03 Å². The molecule has 1 atom stereocenters. The topological polar surface area (TPSA) is 108 Å². The summed E-state index contributed by atoms with van der Waals surface area (Å²) in [6.45, 7) is 1.02. The SMILES string of the molecule is CCC1(c2ccc(OC)cc2)NC(=O)N(CC(=O)N(C)CC(=O)Nc2ccccc2Cl)C1=O. The van der Waals surface area contributed by atoms with Crippen LogP contribution in [0.15, 0.2) is 48.5 Å². The van der Waals surface area contributed by atoms with E-state index in [1.54, 1.807) is 55.5 Å². The van der Waals surface area contributed by atoms with Crippen molar-refractivity contribution in [1.82, 2.24) is 15.1 Å². The third-order valence-electron chi connectivity index (χ3n) is 5.54. The summed E-state index contributed by atoms with van der Waals surface area (Å²) in [6, 6.07) is 12.9. The van der Waals surface area contributed by atoms with Gasteiger partial charge < -0.3 is 20.3 Å². The molecule has 0 spiro atoms. The fourth-order valence-electron chi connectivity index (χ4n) is 3.60. The predicted molar refractivity (Wildman–Crippen MR) is 123 cm³/mol. The number of hydrogen-bond acceptors (Lipinski definition) is 5. The summed E-state index contributed by atoms with van der Waals surface area (Å²) in [5.41, 5.74) is -0.262. The first-order valence-electron chi connectivity index (χ1n) is 10.3. The van der Waals surface area contributed by atoms with E-state index in [-0.39, 0.29) is 6.54 Å². The number of carbonyl (C=O) groups is 4. The molecule has 9 nitrogen and oxygen atoms in total. The number of urea groups is 1. The van der Waals surface area contributed by atoms with E-state index in [4.69, 9.17) is 16.3 Å². The third kappa shape index (κ3) is 4.93. The smallest absolute Gasteiger partial charge is 0.325 e. The highest BCUT2D eigenvalue weighted by atomic mass is 35.5. The van der Waals surface area contributed by atoms with Gasteiger partial charge in [0.2, 0.25) is 11.8 Å². The summed E-state index contributed by atoms with van der Waals surface area (Å²) < 4.78 is 5.15. The maximum Gasteiger partial charge on any atom is 0.325 e. The van der Waals surface area contributed by atoms with Crippen molar-refractivity contribution >= 4 is 41.0 Å². The highest BCUT2D eigenvalue weighted by molar-refractivity contribution is 6.33. The first-order chi connectivity index (χ1) is 15.7. The van der Waals surface area contributed by atoms with Gasteiger partial charge in [0.1, 0.15) is 17.8 Å². The molecule has 1 fully saturated rings. The van der Waals surface area contributed by atoms with Crippen LogP contribution in [-0.4, -0.2) is 60.8 Å². The van der Waals surface area contributed by atoms with Gasteiger partial charge in [-0.2, -0.15) is 0 Å². The van der Waals surface area contributed by atoms with E-state index in [9.17, 15) is 19.2 Å². The molecule has 174 valence electrons. The van der Waals surface area contributed by atoms with E-state index in [0.717, 1.165) is 9.80 Å². The number of likely N-dealkylation sites (N-methyl/N-ethyl adjacent to an activating group) is 1. The Labute approximate surface area is 196 Å². The first kappa shape index (κ1) is 24.1. The van der Waals surface area contributed by atoms with Crippen molar-refractivity contribution in [3.63, 3.8) is 0 Å². The second kappa shape index (κ2) is 9.91. The molecule has 1 saturated heterocycles. The molecular weight excluding hydrogens is 448 g/mol. The van der Waals surface area contributed by atoms with Gasteiger partial charge in [-0.05, 0) is 36.2 Å². The maximum atomic E-state index is 13.2. The standard InChI is InChI=1S/C23H25ClN4O5/c1-4-23(15-9-11-16(33-3)12-10-15)21(31)28(22(32)26-23)14-20(30)27(2)13-19(29)25-18-8-6-5-7-17(18)24/h5-12H,4,13-14H2,1-3H3,(H,25,29)(H,26,32). The number of amides is 5. The summed E-state index contributed by atoms with van der Waals surface area (Å²) in [4.78, 5) is 52.9. The molecule has 2 aromatic carbocycles. The molecule has 33 heavy (non-hydrogen) atoms. The second-order valence-electron chi connectivity index (χ2n) is 7.59. The lowest BCUT2D eigenvalue weighted by atomic mass is 9.87. The number of ether oxygens (including phenoxy) is 1. The number of nitrogens with one attached hydrogen (secondary N) is 2. The Bertz CT molecular complexity index is 1070. The lowest BCUT2D eigenvalue weighted by Gasteiger charge is -2.26. The Hall–Kier alpha value is -3.59. The maximum absolute atomic E-state index is 13.2. The van der Waals surface area contributed by atoms with Gasteiger partial charge in [-0.3, -0.25) is 19.3 Å². The van der Waals surface area contributed by atoms with E-state index >= 15 is 0 Å². The number of hydrogen-bond donors (Lipinski definition) is 2. The number of benzene rings is 2. The number of rotatable bonds is 8. The van der Waals surface area contributed by atoms with Crippen LogP contribution in [0.5, 0.6) is 5.75 Å². The summed E-state index contributed by atoms with van der Waals surface area (Å²) in [7, 11) is 2.95. The Morgan fingerprint density at radius 1 is 1.15 bits per heavy atom. The Morgan fingerprint density at radius 3 is 2.42 bits per heavy atom. The molecule has 5 amide bonds. The average Bonchev–Trinajstić information content (AvgIpc) is 3.05. The van der Waals surface area contributed by atoms with E-state index < -0.39 is 35.8 Å². The molecule has 1 heterocycles. The third-order valence-corrected chi connectivity index (χ3v) is 5.87. The first-order valence-corrected chi connectivity index (χ1v) is 10.7. The van der Waals surface area contributed by atoms with Gasteiger partial charge in [0.05, 0.1) is 24.4 Å². The largest absolute Gasteiger partial charge is 0.497 e. The van der Waals surface area contributed by atoms with E-state index in [0.29, 0.717) is 28.4 Å². The zero-order valence-electron chi connectivity index (χ0n) is 18.6. The number of nitrogens with zero attached hydrogens (tertiary/aromatic N) is 2. The quantitative estimate of drug-likeness (QED) is 0.574. The zero-order valence-corrected chi connectivity index (χ0v) is 19.3. The van der Waals surface area contributed by atoms with Crippen LogP contribution >= 0.6 is 11.6 Å². The molecule has 2 aromatic rings. The van der Waals surface area contributed by atoms with Crippen molar-refractivity contribution in [3.05, 3.63) is 59.1 Å². The van der Waals surface area contributed by atoms with Crippen LogP contribution in [0.2, 0.25) is 5.02 Å². The van der Waals surface area contributed by atoms with Crippen LogP contribution in [0, 0.1) is 0 Å². The number of halogens is 1. The van der Waals surface area contributed by atoms with Crippen LogP contribution in [0.25, 0.3) is 0 Å². The summed E-state index contributed by atoms with van der Waals surface area (Å²) in [5, 5.41) is 5.72. The van der Waals surface area contributed by atoms with Crippen LogP contribution < -0.4 is 15.4 Å². The Morgan fingerprint density at radius 2 is 1.82 bits per heavy atom. The molecule has 0 aromatic heterocycles. The number of methoxy groups -OCH3 is 1. The molecule has 10 heteroatoms. The lowest BCUT2D eigenvalue weighted by Crippen LogP contribution is -2.46. The molecule has 1 aliphatic heterocycles. The fourth-order valence-corrected chi connectivity index (χ4v) is 3.78. The van der Waals surface area contributed by atoms with Gasteiger partial charge in [-0.15, -0.1) is 0 Å². The average molecular weight is 473 g/mol. The van der Waals surface area contributed by atoms with Gasteiger partial charge in [0.25, 0.3) is 5.91 Å². The van der Waals surface area contributed by atoms with Gasteiger partial charge in [-0.25, -0.2) is 4.79 Å². The molecule has 0 saturated carbocycles. The Balaban J connectivity index is 1.67. The van der Waals surface area contributed by atoms with Crippen molar-refractivity contribution in [1.29, 1.82) is 0 Å². The lowest BCUT2D eigenvalue weighted by molar-refractivity contribution is -0.139. The van der Waals surface area contributed by atoms with Crippen LogP contribution in [0.1, 0.15) is 18.9 Å². The van der Waals surface area contributed by atoms with E-state index in [1.807, 2.05) is 0 Å². The summed E-state index contributed by atoms with van der Waals surface area (Å²) in [5.74, 6) is -0.931. The minimum Gasteiger partial charge on any atom is -0.497 e. The van der Waals surface area contributed by atoms with Crippen LogP contribution in [0.3, 0.4) is 0 Å². The van der Waals surface area contributed by atoms with Crippen LogP contribution in [0.4, 0.5) is 10.5 Å². The molecule has 0 bridgehead atoms. The molecule has 2 N–H and O–H groups in total. The number of anilines is 1. The van der Waals surface area contributed by atoms with Gasteiger partial charge in [0, 0.05) is 7.05 Å². The number of para-hydroxylation sites is 1. The van der Waals surface area contributed by atoms with Crippen molar-refractivity contribution in [2.24, 2.45) is 0 Å². The van der Waals surface area contributed by atoms with Gasteiger partial charge in [0.15, 0.2) is 0 Å². The van der Waals surface area contributed by atoms with Crippen molar-refractivity contribution in [3.8, 4) is 5.75 Å². The molecular formula is C23H25ClN4O5. The predicted octanol–water partition coefficient (Wildman–Crippen LogP) is 2.60. The highest BCUT2D eigenvalue weighted by Gasteiger charge is 2.51. The molecule has 1 aliphatic rings. The molecule has 0 aliphatic carbocycles. The molecule has 3 rings (SSSR count). The minimum absolute atomic E-state index is 0.273. The summed E-state index contributed by atoms with van der Waals surface area (Å²) >= 11 is 6.03. The number of imide groups is 1. The van der Waals surface area contributed by atoms with E-state index in [1.165, 1.54) is 14.2 Å².